The highest BCUT2D eigenvalue weighted by Gasteiger charge is 2.24. The second-order valence-corrected chi connectivity index (χ2v) is 5.64. The minimum atomic E-state index is 0.183. The van der Waals surface area contributed by atoms with Crippen LogP contribution in [0.4, 0.5) is 0 Å². The molecule has 18 heavy (non-hydrogen) atoms. The average molecular weight is 254 g/mol. The first-order chi connectivity index (χ1) is 8.74. The van der Waals surface area contributed by atoms with Crippen molar-refractivity contribution in [1.82, 2.24) is 5.32 Å². The van der Waals surface area contributed by atoms with Crippen LogP contribution in [0.5, 0.6) is 0 Å². The second kappa shape index (κ2) is 9.37. The van der Waals surface area contributed by atoms with Gasteiger partial charge >= 0.3 is 0 Å². The third kappa shape index (κ3) is 6.39. The van der Waals surface area contributed by atoms with Gasteiger partial charge in [0.05, 0.1) is 0 Å². The average Bonchev–Trinajstić information content (AvgIpc) is 2.74. The van der Waals surface area contributed by atoms with Crippen LogP contribution in [-0.4, -0.2) is 18.0 Å². The van der Waals surface area contributed by atoms with Gasteiger partial charge in [0, 0.05) is 18.5 Å². The van der Waals surface area contributed by atoms with Crippen molar-refractivity contribution in [3.8, 4) is 0 Å². The van der Waals surface area contributed by atoms with Gasteiger partial charge in [-0.1, -0.05) is 45.4 Å². The lowest BCUT2D eigenvalue weighted by atomic mass is 10.1. The molecule has 0 aliphatic heterocycles. The largest absolute Gasteiger partial charge is 0.352 e. The number of carbonyl (C=O) groups excluding carboxylic acids is 1. The molecular weight excluding hydrogens is 224 g/mol. The quantitative estimate of drug-likeness (QED) is 0.621. The Hall–Kier alpha value is -0.570. The molecule has 0 spiro atoms. The Morgan fingerprint density at radius 3 is 2.39 bits per heavy atom. The van der Waals surface area contributed by atoms with Gasteiger partial charge in [0.2, 0.25) is 5.91 Å². The summed E-state index contributed by atoms with van der Waals surface area (Å²) in [6.45, 7) is 2.23. The van der Waals surface area contributed by atoms with Gasteiger partial charge in [0.15, 0.2) is 0 Å². The van der Waals surface area contributed by atoms with Crippen LogP contribution >= 0.6 is 0 Å². The van der Waals surface area contributed by atoms with Gasteiger partial charge < -0.3 is 11.1 Å². The first-order valence-corrected chi connectivity index (χ1v) is 7.79. The minimum Gasteiger partial charge on any atom is -0.352 e. The zero-order valence-corrected chi connectivity index (χ0v) is 11.9. The zero-order valence-electron chi connectivity index (χ0n) is 11.9. The van der Waals surface area contributed by atoms with Crippen LogP contribution in [0.3, 0.4) is 0 Å². The predicted octanol–water partition coefficient (Wildman–Crippen LogP) is 3.12. The molecular formula is C15H30N2O. The number of hydrogen-bond donors (Lipinski definition) is 2. The summed E-state index contributed by atoms with van der Waals surface area (Å²) in [5.41, 5.74) is 5.94. The molecule has 0 aromatic rings. The maximum atomic E-state index is 11.7. The van der Waals surface area contributed by atoms with E-state index in [0.717, 1.165) is 25.7 Å². The summed E-state index contributed by atoms with van der Waals surface area (Å²) >= 11 is 0. The molecule has 1 amide bonds. The van der Waals surface area contributed by atoms with Gasteiger partial charge in [0.1, 0.15) is 0 Å². The first-order valence-electron chi connectivity index (χ1n) is 7.79. The maximum absolute atomic E-state index is 11.7. The molecule has 0 heterocycles. The van der Waals surface area contributed by atoms with Crippen molar-refractivity contribution in [1.29, 1.82) is 0 Å². The zero-order chi connectivity index (χ0) is 13.2. The van der Waals surface area contributed by atoms with Crippen LogP contribution < -0.4 is 11.1 Å². The number of rotatable bonds is 9. The topological polar surface area (TPSA) is 55.1 Å². The number of unbranched alkanes of at least 4 members (excludes halogenated alkanes) is 6. The summed E-state index contributed by atoms with van der Waals surface area (Å²) in [6.07, 6.45) is 12.8. The Morgan fingerprint density at radius 1 is 1.11 bits per heavy atom. The molecule has 0 aromatic heterocycles. The van der Waals surface area contributed by atoms with E-state index in [1.165, 1.54) is 38.5 Å². The molecule has 0 radical (unpaired) electrons. The molecule has 1 fully saturated rings. The predicted molar refractivity (Wildman–Crippen MR) is 76.4 cm³/mol. The Kier molecular flexibility index (Phi) is 8.06. The van der Waals surface area contributed by atoms with E-state index in [-0.39, 0.29) is 18.0 Å². The Morgan fingerprint density at radius 2 is 1.78 bits per heavy atom. The van der Waals surface area contributed by atoms with Crippen molar-refractivity contribution in [2.45, 2.75) is 89.6 Å². The molecule has 1 aliphatic carbocycles. The lowest BCUT2D eigenvalue weighted by Gasteiger charge is -2.17. The molecule has 0 bridgehead atoms. The number of nitrogens with one attached hydrogen (secondary N) is 1. The van der Waals surface area contributed by atoms with E-state index in [9.17, 15) is 4.79 Å². The van der Waals surface area contributed by atoms with Crippen LogP contribution in [0, 0.1) is 0 Å². The summed E-state index contributed by atoms with van der Waals surface area (Å²) in [5.74, 6) is 0.200. The van der Waals surface area contributed by atoms with E-state index in [4.69, 9.17) is 5.73 Å². The molecule has 3 nitrogen and oxygen atoms in total. The Labute approximate surface area is 112 Å². The minimum absolute atomic E-state index is 0.183. The molecule has 0 saturated heterocycles. The summed E-state index contributed by atoms with van der Waals surface area (Å²) < 4.78 is 0. The third-order valence-corrected chi connectivity index (χ3v) is 3.92. The fraction of sp³-hybridized carbons (Fsp3) is 0.933. The van der Waals surface area contributed by atoms with Crippen LogP contribution in [0.2, 0.25) is 0 Å². The summed E-state index contributed by atoms with van der Waals surface area (Å²) in [7, 11) is 0. The number of carbonyl (C=O) groups is 1. The monoisotopic (exact) mass is 254 g/mol. The van der Waals surface area contributed by atoms with Gasteiger partial charge in [-0.2, -0.15) is 0 Å². The number of hydrogen-bond acceptors (Lipinski definition) is 2. The highest BCUT2D eigenvalue weighted by molar-refractivity contribution is 5.76. The van der Waals surface area contributed by atoms with Crippen LogP contribution in [0.1, 0.15) is 77.6 Å². The van der Waals surface area contributed by atoms with Gasteiger partial charge in [-0.25, -0.2) is 0 Å². The van der Waals surface area contributed by atoms with Gasteiger partial charge in [-0.05, 0) is 25.7 Å². The first kappa shape index (κ1) is 15.5. The van der Waals surface area contributed by atoms with E-state index >= 15 is 0 Å². The van der Waals surface area contributed by atoms with Crippen LogP contribution in [-0.2, 0) is 4.79 Å². The van der Waals surface area contributed by atoms with Crippen molar-refractivity contribution in [2.24, 2.45) is 5.73 Å². The fourth-order valence-corrected chi connectivity index (χ4v) is 2.69. The summed E-state index contributed by atoms with van der Waals surface area (Å²) in [4.78, 5) is 11.7. The molecule has 106 valence electrons. The second-order valence-electron chi connectivity index (χ2n) is 5.64. The van der Waals surface area contributed by atoms with Crippen molar-refractivity contribution >= 4 is 5.91 Å². The van der Waals surface area contributed by atoms with Gasteiger partial charge in [-0.3, -0.25) is 4.79 Å². The molecule has 0 aromatic carbocycles. The van der Waals surface area contributed by atoms with E-state index in [0.29, 0.717) is 6.42 Å². The Bertz CT molecular complexity index is 231. The van der Waals surface area contributed by atoms with E-state index < -0.39 is 0 Å². The third-order valence-electron chi connectivity index (χ3n) is 3.92. The van der Waals surface area contributed by atoms with E-state index in [1.54, 1.807) is 0 Å². The smallest absolute Gasteiger partial charge is 0.220 e. The van der Waals surface area contributed by atoms with Crippen LogP contribution in [0.25, 0.3) is 0 Å². The lowest BCUT2D eigenvalue weighted by Crippen LogP contribution is -2.43. The highest BCUT2D eigenvalue weighted by atomic mass is 16.1. The Balaban J connectivity index is 1.93. The highest BCUT2D eigenvalue weighted by Crippen LogP contribution is 2.17. The van der Waals surface area contributed by atoms with Crippen molar-refractivity contribution in [3.63, 3.8) is 0 Å². The number of nitrogens with two attached hydrogens (primary N) is 1. The molecule has 3 heteroatoms. The van der Waals surface area contributed by atoms with Crippen molar-refractivity contribution < 1.29 is 4.79 Å². The SMILES string of the molecule is CCCCCCCCCC(=O)NC1CCCC1N. The van der Waals surface area contributed by atoms with Crippen molar-refractivity contribution in [3.05, 3.63) is 0 Å². The molecule has 1 aliphatic rings. The molecule has 1 saturated carbocycles. The van der Waals surface area contributed by atoms with E-state index in [1.807, 2.05) is 0 Å². The molecule has 1 rings (SSSR count). The number of amides is 1. The molecule has 2 unspecified atom stereocenters. The van der Waals surface area contributed by atoms with Crippen LogP contribution in [0.15, 0.2) is 0 Å². The molecule has 3 N–H and O–H groups in total. The van der Waals surface area contributed by atoms with Gasteiger partial charge in [-0.15, -0.1) is 0 Å². The van der Waals surface area contributed by atoms with Gasteiger partial charge in [0.25, 0.3) is 0 Å². The van der Waals surface area contributed by atoms with E-state index in [2.05, 4.69) is 12.2 Å². The normalized spacial score (nSPS) is 23.2. The maximum Gasteiger partial charge on any atom is 0.220 e. The summed E-state index contributed by atoms with van der Waals surface area (Å²) in [5, 5.41) is 3.08. The fourth-order valence-electron chi connectivity index (χ4n) is 2.69. The lowest BCUT2D eigenvalue weighted by molar-refractivity contribution is -0.122. The van der Waals surface area contributed by atoms with Crippen molar-refractivity contribution in [2.75, 3.05) is 0 Å². The summed E-state index contributed by atoms with van der Waals surface area (Å²) in [6, 6.07) is 0.421. The standard InChI is InChI=1S/C15H30N2O/c1-2-3-4-5-6-7-8-12-15(18)17-14-11-9-10-13(14)16/h13-14H,2-12,16H2,1H3,(H,17,18). The molecule has 2 atom stereocenters.